The van der Waals surface area contributed by atoms with Crippen LogP contribution in [-0.2, 0) is 23.8 Å². The van der Waals surface area contributed by atoms with E-state index in [4.69, 9.17) is 25.7 Å². The first kappa shape index (κ1) is 13.9. The summed E-state index contributed by atoms with van der Waals surface area (Å²) in [6.45, 7) is -0.335. The van der Waals surface area contributed by atoms with Crippen molar-refractivity contribution >= 4 is 19.8 Å². The first-order chi connectivity index (χ1) is 8.06. The third-order valence-electron chi connectivity index (χ3n) is 2.41. The van der Waals surface area contributed by atoms with E-state index in [1.54, 1.807) is 0 Å². The van der Waals surface area contributed by atoms with Gasteiger partial charge in [0, 0.05) is 12.4 Å². The number of hydrogen-bond acceptors (Lipinski definition) is 7. The molecule has 0 spiro atoms. The van der Waals surface area contributed by atoms with Crippen molar-refractivity contribution in [1.29, 1.82) is 0 Å². The maximum absolute atomic E-state index is 11.1. The molecule has 3 atom stereocenters. The molecule has 0 aromatic carbocycles. The van der Waals surface area contributed by atoms with Crippen molar-refractivity contribution in [2.45, 2.75) is 24.6 Å². The Labute approximate surface area is 100 Å². The largest absolute Gasteiger partial charge is 0.462 e. The van der Waals surface area contributed by atoms with E-state index in [-0.39, 0.29) is 25.7 Å². The van der Waals surface area contributed by atoms with Crippen LogP contribution >= 0.6 is 0 Å². The smallest absolute Gasteiger partial charge is 0.320 e. The first-order valence-corrected chi connectivity index (χ1v) is 5.47. The third-order valence-corrected chi connectivity index (χ3v) is 2.41. The average molecular weight is 244 g/mol. The lowest BCUT2D eigenvalue weighted by atomic mass is 9.96. The molecule has 7 nitrogen and oxygen atoms in total. The molecule has 0 bridgehead atoms. The Kier molecular flexibility index (Phi) is 5.40. The van der Waals surface area contributed by atoms with Crippen molar-refractivity contribution in [3.05, 3.63) is 0 Å². The summed E-state index contributed by atoms with van der Waals surface area (Å²) in [6, 6.07) is -0.0489. The molecule has 1 heterocycles. The SMILES string of the molecule is B[C@@H]1CC(OC(=O)CN)[C@H](COC(=O)CN)O1. The number of hydrogen-bond donors (Lipinski definition) is 2. The van der Waals surface area contributed by atoms with Gasteiger partial charge in [0.25, 0.3) is 0 Å². The topological polar surface area (TPSA) is 114 Å². The van der Waals surface area contributed by atoms with Crippen LogP contribution in [0.4, 0.5) is 0 Å². The summed E-state index contributed by atoms with van der Waals surface area (Å²) in [4.78, 5) is 22.0. The molecule has 1 aliphatic heterocycles. The monoisotopic (exact) mass is 244 g/mol. The first-order valence-electron chi connectivity index (χ1n) is 5.47. The summed E-state index contributed by atoms with van der Waals surface area (Å²) in [6.07, 6.45) is -0.307. The normalized spacial score (nSPS) is 27.8. The number of esters is 2. The molecule has 1 rings (SSSR count). The van der Waals surface area contributed by atoms with Crippen LogP contribution in [0.1, 0.15) is 6.42 Å². The highest BCUT2D eigenvalue weighted by molar-refractivity contribution is 6.11. The molecule has 8 heteroatoms. The molecule has 1 saturated heterocycles. The summed E-state index contributed by atoms with van der Waals surface area (Å²) >= 11 is 0. The molecular formula is C9H17BN2O5. The Hall–Kier alpha value is -1.12. The summed E-state index contributed by atoms with van der Waals surface area (Å²) in [5.74, 6) is -1.01. The second-order valence-electron chi connectivity index (χ2n) is 3.84. The summed E-state index contributed by atoms with van der Waals surface area (Å²) in [7, 11) is 1.86. The highest BCUT2D eigenvalue weighted by Crippen LogP contribution is 2.22. The van der Waals surface area contributed by atoms with Gasteiger partial charge in [0.1, 0.15) is 26.7 Å². The van der Waals surface area contributed by atoms with Gasteiger partial charge in [-0.25, -0.2) is 0 Å². The number of rotatable bonds is 5. The minimum absolute atomic E-state index is 0.0306. The van der Waals surface area contributed by atoms with Crippen LogP contribution in [0.2, 0.25) is 0 Å². The predicted octanol–water partition coefficient (Wildman–Crippen LogP) is -2.89. The van der Waals surface area contributed by atoms with Crippen LogP contribution in [0.15, 0.2) is 0 Å². The average Bonchev–Trinajstić information content (AvgIpc) is 2.66. The third kappa shape index (κ3) is 4.33. The molecule has 0 radical (unpaired) electrons. The van der Waals surface area contributed by atoms with Crippen molar-refractivity contribution in [2.24, 2.45) is 11.5 Å². The fourth-order valence-electron chi connectivity index (χ4n) is 1.64. The summed E-state index contributed by atoms with van der Waals surface area (Å²) in [5, 5.41) is 0. The van der Waals surface area contributed by atoms with Crippen LogP contribution in [0.5, 0.6) is 0 Å². The standard InChI is InChI=1S/C9H17BN2O5/c10-7-1-5(17-9(14)3-12)6(16-7)4-15-8(13)2-11/h5-7H,1-4,10-12H2/t5?,6-,7-/m0/s1. The van der Waals surface area contributed by atoms with Crippen LogP contribution in [0, 0.1) is 0 Å². The highest BCUT2D eigenvalue weighted by atomic mass is 16.6. The molecular weight excluding hydrogens is 227 g/mol. The minimum atomic E-state index is -0.517. The maximum atomic E-state index is 11.1. The van der Waals surface area contributed by atoms with Crippen molar-refractivity contribution < 1.29 is 23.8 Å². The lowest BCUT2D eigenvalue weighted by molar-refractivity contribution is -0.155. The molecule has 0 aromatic heterocycles. The molecule has 17 heavy (non-hydrogen) atoms. The van der Waals surface area contributed by atoms with Gasteiger partial charge in [0.2, 0.25) is 0 Å². The van der Waals surface area contributed by atoms with E-state index in [1.165, 1.54) is 0 Å². The summed E-state index contributed by atoms with van der Waals surface area (Å²) in [5.41, 5.74) is 10.3. The zero-order chi connectivity index (χ0) is 12.8. The Morgan fingerprint density at radius 2 is 1.94 bits per heavy atom. The Morgan fingerprint density at radius 3 is 2.53 bits per heavy atom. The maximum Gasteiger partial charge on any atom is 0.320 e. The molecule has 0 aliphatic carbocycles. The fraction of sp³-hybridized carbons (Fsp3) is 0.778. The van der Waals surface area contributed by atoms with Gasteiger partial charge in [-0.05, 0) is 0 Å². The van der Waals surface area contributed by atoms with Gasteiger partial charge in [0.15, 0.2) is 0 Å². The second kappa shape index (κ2) is 6.58. The van der Waals surface area contributed by atoms with Gasteiger partial charge in [-0.15, -0.1) is 0 Å². The van der Waals surface area contributed by atoms with Crippen LogP contribution in [-0.4, -0.2) is 57.7 Å². The van der Waals surface area contributed by atoms with E-state index in [1.807, 2.05) is 7.85 Å². The van der Waals surface area contributed by atoms with E-state index in [0.717, 1.165) is 0 Å². The number of ether oxygens (including phenoxy) is 3. The molecule has 4 N–H and O–H groups in total. The zero-order valence-corrected chi connectivity index (χ0v) is 9.76. The van der Waals surface area contributed by atoms with Crippen LogP contribution in [0.25, 0.3) is 0 Å². The zero-order valence-electron chi connectivity index (χ0n) is 9.76. The van der Waals surface area contributed by atoms with Crippen molar-refractivity contribution in [2.75, 3.05) is 19.7 Å². The molecule has 1 unspecified atom stereocenters. The second-order valence-corrected chi connectivity index (χ2v) is 3.84. The lowest BCUT2D eigenvalue weighted by Crippen LogP contribution is -2.34. The lowest BCUT2D eigenvalue weighted by Gasteiger charge is -2.18. The highest BCUT2D eigenvalue weighted by Gasteiger charge is 2.36. The van der Waals surface area contributed by atoms with Crippen molar-refractivity contribution in [3.63, 3.8) is 0 Å². The summed E-state index contributed by atoms with van der Waals surface area (Å²) < 4.78 is 15.4. The number of carbonyl (C=O) groups is 2. The van der Waals surface area contributed by atoms with E-state index in [9.17, 15) is 9.59 Å². The van der Waals surface area contributed by atoms with E-state index >= 15 is 0 Å². The molecule has 0 saturated carbocycles. The van der Waals surface area contributed by atoms with E-state index in [0.29, 0.717) is 6.42 Å². The van der Waals surface area contributed by atoms with E-state index in [2.05, 4.69) is 0 Å². The Morgan fingerprint density at radius 1 is 1.29 bits per heavy atom. The van der Waals surface area contributed by atoms with Gasteiger partial charge in [-0.1, -0.05) is 0 Å². The van der Waals surface area contributed by atoms with Gasteiger partial charge in [0.05, 0.1) is 13.1 Å². The number of carbonyl (C=O) groups excluding carboxylic acids is 2. The van der Waals surface area contributed by atoms with Crippen LogP contribution in [0.3, 0.4) is 0 Å². The van der Waals surface area contributed by atoms with E-state index < -0.39 is 24.1 Å². The van der Waals surface area contributed by atoms with Crippen LogP contribution < -0.4 is 11.5 Å². The molecule has 1 fully saturated rings. The van der Waals surface area contributed by atoms with Gasteiger partial charge in [-0.2, -0.15) is 0 Å². The van der Waals surface area contributed by atoms with Crippen molar-refractivity contribution in [1.82, 2.24) is 0 Å². The van der Waals surface area contributed by atoms with Crippen molar-refractivity contribution in [3.8, 4) is 0 Å². The molecule has 0 aromatic rings. The molecule has 0 amide bonds. The van der Waals surface area contributed by atoms with Gasteiger partial charge in [-0.3, -0.25) is 9.59 Å². The van der Waals surface area contributed by atoms with Gasteiger partial charge >= 0.3 is 11.9 Å². The number of nitrogens with two attached hydrogens (primary N) is 2. The quantitative estimate of drug-likeness (QED) is 0.394. The molecule has 1 aliphatic rings. The fourth-order valence-corrected chi connectivity index (χ4v) is 1.64. The Balaban J connectivity index is 2.44. The van der Waals surface area contributed by atoms with Gasteiger partial charge < -0.3 is 25.7 Å². The minimum Gasteiger partial charge on any atom is -0.462 e. The molecule has 96 valence electrons. The predicted molar refractivity (Wildman–Crippen MR) is 60.8 cm³/mol. The Bertz CT molecular complexity index is 289.